The summed E-state index contributed by atoms with van der Waals surface area (Å²) < 4.78 is 11.2. The molecule has 2 rings (SSSR count). The molecule has 0 bridgehead atoms. The first kappa shape index (κ1) is 17.1. The van der Waals surface area contributed by atoms with Gasteiger partial charge in [-0.3, -0.25) is 0 Å². The summed E-state index contributed by atoms with van der Waals surface area (Å²) in [4.78, 5) is 9.01. The van der Waals surface area contributed by atoms with E-state index in [-0.39, 0.29) is 5.75 Å². The van der Waals surface area contributed by atoms with Crippen LogP contribution in [0, 0.1) is 0 Å². The highest BCUT2D eigenvalue weighted by Gasteiger charge is 2.17. The van der Waals surface area contributed by atoms with Gasteiger partial charge >= 0.3 is 0 Å². The smallest absolute Gasteiger partial charge is 0.201 e. The Morgan fingerprint density at radius 3 is 2.48 bits per heavy atom. The SMILES string of the molecule is C=CCc1nc(-c2ccccc2O)cc(C(OCC)OCC)n1. The molecule has 1 aromatic carbocycles. The van der Waals surface area contributed by atoms with Crippen molar-refractivity contribution in [2.75, 3.05) is 13.2 Å². The summed E-state index contributed by atoms with van der Waals surface area (Å²) in [5.74, 6) is 0.784. The average molecular weight is 314 g/mol. The van der Waals surface area contributed by atoms with Gasteiger partial charge in [0.1, 0.15) is 17.3 Å². The number of benzene rings is 1. The second-order valence-corrected chi connectivity index (χ2v) is 4.85. The van der Waals surface area contributed by atoms with Crippen LogP contribution in [0.5, 0.6) is 5.75 Å². The molecule has 0 fully saturated rings. The molecule has 5 nitrogen and oxygen atoms in total. The summed E-state index contributed by atoms with van der Waals surface area (Å²) >= 11 is 0. The normalized spacial score (nSPS) is 10.9. The van der Waals surface area contributed by atoms with E-state index >= 15 is 0 Å². The number of hydrogen-bond acceptors (Lipinski definition) is 5. The topological polar surface area (TPSA) is 64.5 Å². The van der Waals surface area contributed by atoms with Crippen LogP contribution in [-0.2, 0) is 15.9 Å². The number of hydrogen-bond donors (Lipinski definition) is 1. The van der Waals surface area contributed by atoms with Crippen LogP contribution in [0.2, 0.25) is 0 Å². The van der Waals surface area contributed by atoms with E-state index in [1.54, 1.807) is 24.3 Å². The number of aromatic nitrogens is 2. The quantitative estimate of drug-likeness (QED) is 0.595. The molecule has 0 radical (unpaired) electrons. The lowest BCUT2D eigenvalue weighted by atomic mass is 10.1. The first-order valence-corrected chi connectivity index (χ1v) is 7.69. The minimum absolute atomic E-state index is 0.172. The molecular formula is C18H22N2O3. The number of aromatic hydroxyl groups is 1. The molecule has 2 aromatic rings. The summed E-state index contributed by atoms with van der Waals surface area (Å²) in [5.41, 5.74) is 1.92. The highest BCUT2D eigenvalue weighted by atomic mass is 16.7. The van der Waals surface area contributed by atoms with Crippen molar-refractivity contribution in [2.45, 2.75) is 26.6 Å². The number of para-hydroxylation sites is 1. The third kappa shape index (κ3) is 4.37. The van der Waals surface area contributed by atoms with Gasteiger partial charge in [0.05, 0.1) is 5.69 Å². The molecule has 0 saturated carbocycles. The maximum atomic E-state index is 10.1. The summed E-state index contributed by atoms with van der Waals surface area (Å²) in [6.45, 7) is 8.56. The van der Waals surface area contributed by atoms with E-state index in [0.29, 0.717) is 42.4 Å². The van der Waals surface area contributed by atoms with E-state index in [1.165, 1.54) is 0 Å². The summed E-state index contributed by atoms with van der Waals surface area (Å²) in [6, 6.07) is 8.86. The molecule has 0 spiro atoms. The standard InChI is InChI=1S/C18H22N2O3/c1-4-9-17-19-14(13-10-7-8-11-16(13)21)12-15(20-17)18(22-5-2)23-6-3/h4,7-8,10-12,18,21H,1,5-6,9H2,2-3H3. The molecule has 0 unspecified atom stereocenters. The van der Waals surface area contributed by atoms with Gasteiger partial charge in [-0.25, -0.2) is 9.97 Å². The fourth-order valence-corrected chi connectivity index (χ4v) is 2.21. The average Bonchev–Trinajstić information content (AvgIpc) is 2.55. The lowest BCUT2D eigenvalue weighted by Crippen LogP contribution is -2.13. The maximum absolute atomic E-state index is 10.1. The Bertz CT molecular complexity index is 652. The molecular weight excluding hydrogens is 292 g/mol. The van der Waals surface area contributed by atoms with Crippen molar-refractivity contribution in [1.82, 2.24) is 9.97 Å². The van der Waals surface area contributed by atoms with Crippen LogP contribution in [0.1, 0.15) is 31.7 Å². The number of phenolic OH excluding ortho intramolecular Hbond substituents is 1. The number of phenols is 1. The molecule has 0 aliphatic carbocycles. The summed E-state index contributed by atoms with van der Waals surface area (Å²) in [6.07, 6.45) is 1.71. The predicted octanol–water partition coefficient (Wildman–Crippen LogP) is 3.65. The van der Waals surface area contributed by atoms with Crippen molar-refractivity contribution in [3.05, 3.63) is 54.5 Å². The van der Waals surface area contributed by atoms with E-state index in [1.807, 2.05) is 26.0 Å². The minimum atomic E-state index is -0.554. The fraction of sp³-hybridized carbons (Fsp3) is 0.333. The van der Waals surface area contributed by atoms with Gasteiger partial charge in [0, 0.05) is 25.2 Å². The second-order valence-electron chi connectivity index (χ2n) is 4.85. The second kappa shape index (κ2) is 8.41. The summed E-state index contributed by atoms with van der Waals surface area (Å²) in [5, 5.41) is 10.1. The molecule has 0 atom stereocenters. The van der Waals surface area contributed by atoms with E-state index in [0.717, 1.165) is 0 Å². The highest BCUT2D eigenvalue weighted by Crippen LogP contribution is 2.29. The van der Waals surface area contributed by atoms with Crippen LogP contribution >= 0.6 is 0 Å². The maximum Gasteiger partial charge on any atom is 0.201 e. The zero-order chi connectivity index (χ0) is 16.7. The van der Waals surface area contributed by atoms with Crippen LogP contribution in [0.15, 0.2) is 43.0 Å². The minimum Gasteiger partial charge on any atom is -0.507 e. The molecule has 23 heavy (non-hydrogen) atoms. The van der Waals surface area contributed by atoms with E-state index in [2.05, 4.69) is 16.5 Å². The van der Waals surface area contributed by atoms with Gasteiger partial charge in [-0.1, -0.05) is 18.2 Å². The predicted molar refractivity (Wildman–Crippen MR) is 89.0 cm³/mol. The van der Waals surface area contributed by atoms with Gasteiger partial charge in [0.2, 0.25) is 6.29 Å². The Hall–Kier alpha value is -2.24. The van der Waals surface area contributed by atoms with Crippen molar-refractivity contribution in [2.24, 2.45) is 0 Å². The Morgan fingerprint density at radius 1 is 1.17 bits per heavy atom. The third-order valence-electron chi connectivity index (χ3n) is 3.18. The highest BCUT2D eigenvalue weighted by molar-refractivity contribution is 5.66. The van der Waals surface area contributed by atoms with Crippen molar-refractivity contribution >= 4 is 0 Å². The number of ether oxygens (including phenoxy) is 2. The van der Waals surface area contributed by atoms with Crippen LogP contribution in [0.25, 0.3) is 11.3 Å². The Morgan fingerprint density at radius 2 is 1.87 bits per heavy atom. The van der Waals surface area contributed by atoms with Crippen molar-refractivity contribution in [3.63, 3.8) is 0 Å². The Balaban J connectivity index is 2.50. The van der Waals surface area contributed by atoms with Gasteiger partial charge in [0.15, 0.2) is 0 Å². The molecule has 1 N–H and O–H groups in total. The molecule has 0 aliphatic heterocycles. The lowest BCUT2D eigenvalue weighted by Gasteiger charge is -2.18. The van der Waals surface area contributed by atoms with E-state index < -0.39 is 6.29 Å². The van der Waals surface area contributed by atoms with Crippen molar-refractivity contribution in [1.29, 1.82) is 0 Å². The monoisotopic (exact) mass is 314 g/mol. The first-order chi connectivity index (χ1) is 11.2. The van der Waals surface area contributed by atoms with E-state index in [4.69, 9.17) is 9.47 Å². The number of nitrogens with zero attached hydrogens (tertiary/aromatic N) is 2. The van der Waals surface area contributed by atoms with Gasteiger partial charge < -0.3 is 14.6 Å². The molecule has 0 saturated heterocycles. The fourth-order valence-electron chi connectivity index (χ4n) is 2.21. The first-order valence-electron chi connectivity index (χ1n) is 7.69. The van der Waals surface area contributed by atoms with Crippen LogP contribution in [-0.4, -0.2) is 28.3 Å². The zero-order valence-electron chi connectivity index (χ0n) is 13.5. The molecule has 5 heteroatoms. The Labute approximate surface area is 136 Å². The molecule has 0 aliphatic rings. The lowest BCUT2D eigenvalue weighted by molar-refractivity contribution is -0.142. The molecule has 122 valence electrons. The number of allylic oxidation sites excluding steroid dienone is 1. The summed E-state index contributed by atoms with van der Waals surface area (Å²) in [7, 11) is 0. The molecule has 1 heterocycles. The van der Waals surface area contributed by atoms with Gasteiger partial charge in [0.25, 0.3) is 0 Å². The largest absolute Gasteiger partial charge is 0.507 e. The molecule has 1 aromatic heterocycles. The van der Waals surface area contributed by atoms with Gasteiger partial charge in [-0.2, -0.15) is 0 Å². The van der Waals surface area contributed by atoms with Crippen LogP contribution in [0.4, 0.5) is 0 Å². The van der Waals surface area contributed by atoms with Gasteiger partial charge in [-0.05, 0) is 32.0 Å². The molecule has 0 amide bonds. The van der Waals surface area contributed by atoms with Crippen LogP contribution < -0.4 is 0 Å². The third-order valence-corrected chi connectivity index (χ3v) is 3.18. The zero-order valence-corrected chi connectivity index (χ0v) is 13.5. The Kier molecular flexibility index (Phi) is 6.26. The number of rotatable bonds is 8. The van der Waals surface area contributed by atoms with Gasteiger partial charge in [-0.15, -0.1) is 6.58 Å². The van der Waals surface area contributed by atoms with E-state index in [9.17, 15) is 5.11 Å². The van der Waals surface area contributed by atoms with Crippen molar-refractivity contribution < 1.29 is 14.6 Å². The van der Waals surface area contributed by atoms with Crippen molar-refractivity contribution in [3.8, 4) is 17.0 Å². The van der Waals surface area contributed by atoms with Crippen LogP contribution in [0.3, 0.4) is 0 Å².